The molecule has 158 valence electrons. The Balaban J connectivity index is 1.68. The molecule has 1 amide bonds. The molecule has 3 rings (SSSR count). The van der Waals surface area contributed by atoms with Crippen molar-refractivity contribution in [2.24, 2.45) is 5.92 Å². The molecule has 1 aliphatic heterocycles. The highest BCUT2D eigenvalue weighted by Crippen LogP contribution is 2.14. The average molecular weight is 419 g/mol. The van der Waals surface area contributed by atoms with Crippen molar-refractivity contribution in [3.05, 3.63) is 53.1 Å². The van der Waals surface area contributed by atoms with Crippen LogP contribution in [0.15, 0.2) is 36.7 Å². The minimum atomic E-state index is 0.186. The zero-order chi connectivity index (χ0) is 20.6. The van der Waals surface area contributed by atoms with Gasteiger partial charge >= 0.3 is 0 Å². The Labute approximate surface area is 178 Å². The molecule has 7 heteroatoms. The maximum atomic E-state index is 12.9. The molecule has 1 saturated heterocycles. The summed E-state index contributed by atoms with van der Waals surface area (Å²) in [6, 6.07) is 7.84. The van der Waals surface area contributed by atoms with E-state index in [4.69, 9.17) is 16.3 Å². The maximum Gasteiger partial charge on any atom is 0.223 e. The zero-order valence-electron chi connectivity index (χ0n) is 17.4. The molecular weight excluding hydrogens is 388 g/mol. The Morgan fingerprint density at radius 2 is 2.10 bits per heavy atom. The van der Waals surface area contributed by atoms with E-state index in [1.807, 2.05) is 29.3 Å². The lowest BCUT2D eigenvalue weighted by atomic mass is 10.1. The summed E-state index contributed by atoms with van der Waals surface area (Å²) in [6.45, 7) is 10.3. The summed E-state index contributed by atoms with van der Waals surface area (Å²) in [5.41, 5.74) is 1.12. The van der Waals surface area contributed by atoms with Crippen molar-refractivity contribution in [1.82, 2.24) is 19.4 Å². The number of carbonyl (C=O) groups is 1. The van der Waals surface area contributed by atoms with Crippen LogP contribution in [0.4, 0.5) is 0 Å². The fourth-order valence-corrected chi connectivity index (χ4v) is 3.71. The van der Waals surface area contributed by atoms with Crippen molar-refractivity contribution in [3.63, 3.8) is 0 Å². The van der Waals surface area contributed by atoms with Gasteiger partial charge < -0.3 is 14.2 Å². The van der Waals surface area contributed by atoms with E-state index in [1.54, 1.807) is 6.20 Å². The summed E-state index contributed by atoms with van der Waals surface area (Å²) in [5.74, 6) is 1.41. The van der Waals surface area contributed by atoms with Crippen LogP contribution in [0.25, 0.3) is 0 Å². The molecule has 0 radical (unpaired) electrons. The summed E-state index contributed by atoms with van der Waals surface area (Å²) >= 11 is 6.12. The van der Waals surface area contributed by atoms with Crippen molar-refractivity contribution >= 4 is 17.5 Å². The number of aromatic nitrogens is 2. The van der Waals surface area contributed by atoms with Gasteiger partial charge in [0.2, 0.25) is 5.91 Å². The smallest absolute Gasteiger partial charge is 0.223 e. The van der Waals surface area contributed by atoms with Gasteiger partial charge in [-0.25, -0.2) is 4.98 Å². The highest BCUT2D eigenvalue weighted by atomic mass is 35.5. The molecule has 0 bridgehead atoms. The molecule has 0 atom stereocenters. The van der Waals surface area contributed by atoms with Crippen LogP contribution in [0.1, 0.15) is 31.7 Å². The van der Waals surface area contributed by atoms with E-state index in [9.17, 15) is 4.79 Å². The van der Waals surface area contributed by atoms with Gasteiger partial charge in [-0.2, -0.15) is 0 Å². The number of ether oxygens (including phenoxy) is 1. The Kier molecular flexibility index (Phi) is 8.09. The molecular formula is C22H31ClN4O2. The van der Waals surface area contributed by atoms with Crippen LogP contribution in [-0.4, -0.2) is 64.7 Å². The average Bonchev–Trinajstić information content (AvgIpc) is 3.12. The molecule has 1 aromatic carbocycles. The zero-order valence-corrected chi connectivity index (χ0v) is 18.1. The van der Waals surface area contributed by atoms with Gasteiger partial charge in [-0.15, -0.1) is 0 Å². The predicted molar refractivity (Wildman–Crippen MR) is 115 cm³/mol. The Morgan fingerprint density at radius 1 is 1.31 bits per heavy atom. The maximum absolute atomic E-state index is 12.9. The fraction of sp³-hybridized carbons (Fsp3) is 0.545. The van der Waals surface area contributed by atoms with Crippen molar-refractivity contribution in [3.8, 4) is 0 Å². The summed E-state index contributed by atoms with van der Waals surface area (Å²) < 4.78 is 7.52. The number of morpholine rings is 1. The highest BCUT2D eigenvalue weighted by molar-refractivity contribution is 6.30. The van der Waals surface area contributed by atoms with Gasteiger partial charge in [0.1, 0.15) is 5.82 Å². The lowest BCUT2D eigenvalue weighted by Gasteiger charge is -2.30. The van der Waals surface area contributed by atoms with Gasteiger partial charge in [-0.3, -0.25) is 9.69 Å². The second-order valence-corrected chi connectivity index (χ2v) is 8.41. The first-order valence-corrected chi connectivity index (χ1v) is 10.7. The molecule has 0 spiro atoms. The topological polar surface area (TPSA) is 50.6 Å². The summed E-state index contributed by atoms with van der Waals surface area (Å²) in [5, 5.41) is 0.725. The molecule has 1 aliphatic rings. The van der Waals surface area contributed by atoms with Crippen molar-refractivity contribution < 1.29 is 9.53 Å². The van der Waals surface area contributed by atoms with E-state index in [-0.39, 0.29) is 5.91 Å². The Morgan fingerprint density at radius 3 is 2.83 bits per heavy atom. The number of benzene rings is 1. The molecule has 0 unspecified atom stereocenters. The van der Waals surface area contributed by atoms with Crippen molar-refractivity contribution in [2.45, 2.75) is 33.4 Å². The van der Waals surface area contributed by atoms with E-state index in [0.29, 0.717) is 32.0 Å². The largest absolute Gasteiger partial charge is 0.379 e. The van der Waals surface area contributed by atoms with Crippen LogP contribution < -0.4 is 0 Å². The number of hydrogen-bond donors (Lipinski definition) is 0. The third-order valence-corrected chi connectivity index (χ3v) is 5.34. The van der Waals surface area contributed by atoms with Gasteiger partial charge in [0.15, 0.2) is 0 Å². The Bertz CT molecular complexity index is 787. The summed E-state index contributed by atoms with van der Waals surface area (Å²) in [7, 11) is 0. The lowest BCUT2D eigenvalue weighted by Crippen LogP contribution is -2.43. The van der Waals surface area contributed by atoms with Crippen LogP contribution in [-0.2, 0) is 22.6 Å². The minimum Gasteiger partial charge on any atom is -0.379 e. The Hall–Kier alpha value is -1.89. The minimum absolute atomic E-state index is 0.186. The van der Waals surface area contributed by atoms with Crippen LogP contribution in [0.5, 0.6) is 0 Å². The second kappa shape index (κ2) is 10.8. The first-order chi connectivity index (χ1) is 14.0. The number of rotatable bonds is 9. The van der Waals surface area contributed by atoms with Crippen LogP contribution in [0.3, 0.4) is 0 Å². The quantitative estimate of drug-likeness (QED) is 0.627. The SMILES string of the molecule is CC(C)CC(=O)N(CCN1CCOCC1)Cc1nccn1Cc1cccc(Cl)c1. The number of amides is 1. The van der Waals surface area contributed by atoms with Crippen LogP contribution in [0.2, 0.25) is 5.02 Å². The van der Waals surface area contributed by atoms with Crippen molar-refractivity contribution in [1.29, 1.82) is 0 Å². The molecule has 1 aromatic heterocycles. The molecule has 0 N–H and O–H groups in total. The van der Waals surface area contributed by atoms with E-state index in [2.05, 4.69) is 34.4 Å². The summed E-state index contributed by atoms with van der Waals surface area (Å²) in [4.78, 5) is 21.7. The molecule has 29 heavy (non-hydrogen) atoms. The predicted octanol–water partition coefficient (Wildman–Crippen LogP) is 3.29. The molecule has 1 fully saturated rings. The van der Waals surface area contributed by atoms with E-state index >= 15 is 0 Å². The van der Waals surface area contributed by atoms with Gasteiger partial charge in [0, 0.05) is 56.6 Å². The van der Waals surface area contributed by atoms with Gasteiger partial charge in [0.25, 0.3) is 0 Å². The van der Waals surface area contributed by atoms with Gasteiger partial charge in [0.05, 0.1) is 19.8 Å². The number of hydrogen-bond acceptors (Lipinski definition) is 4. The normalized spacial score (nSPS) is 15.0. The third kappa shape index (κ3) is 6.84. The standard InChI is InChI=1S/C22H31ClN4O2/c1-18(2)14-22(28)27(9-8-25-10-12-29-13-11-25)17-21-24-6-7-26(21)16-19-4-3-5-20(23)15-19/h3-7,15,18H,8-14,16-17H2,1-2H3. The molecule has 6 nitrogen and oxygen atoms in total. The first kappa shape index (κ1) is 21.8. The summed E-state index contributed by atoms with van der Waals surface area (Å²) in [6.07, 6.45) is 4.31. The monoisotopic (exact) mass is 418 g/mol. The van der Waals surface area contributed by atoms with E-state index in [0.717, 1.165) is 49.3 Å². The first-order valence-electron chi connectivity index (χ1n) is 10.3. The molecule has 0 aliphatic carbocycles. The number of nitrogens with zero attached hydrogens (tertiary/aromatic N) is 4. The van der Waals surface area contributed by atoms with Crippen LogP contribution in [0, 0.1) is 5.92 Å². The van der Waals surface area contributed by atoms with Crippen LogP contribution >= 0.6 is 11.6 Å². The molecule has 2 heterocycles. The third-order valence-electron chi connectivity index (χ3n) is 5.10. The number of halogens is 1. The highest BCUT2D eigenvalue weighted by Gasteiger charge is 2.20. The van der Waals surface area contributed by atoms with E-state index in [1.165, 1.54) is 0 Å². The molecule has 0 saturated carbocycles. The fourth-order valence-electron chi connectivity index (χ4n) is 3.50. The number of carbonyl (C=O) groups excluding carboxylic acids is 1. The second-order valence-electron chi connectivity index (χ2n) is 7.97. The lowest BCUT2D eigenvalue weighted by molar-refractivity contribution is -0.133. The van der Waals surface area contributed by atoms with Gasteiger partial charge in [-0.05, 0) is 23.6 Å². The van der Waals surface area contributed by atoms with Gasteiger partial charge in [-0.1, -0.05) is 37.6 Å². The number of imidazole rings is 1. The molecule has 2 aromatic rings. The van der Waals surface area contributed by atoms with E-state index < -0.39 is 0 Å². The van der Waals surface area contributed by atoms with Crippen molar-refractivity contribution in [2.75, 3.05) is 39.4 Å².